The molecular weight excluding hydrogens is 316 g/mol. The Kier molecular flexibility index (Phi) is 3.72. The fourth-order valence-corrected chi connectivity index (χ4v) is 3.37. The maximum atomic E-state index is 12.9. The number of para-hydroxylation sites is 1. The number of benzene rings is 2. The van der Waals surface area contributed by atoms with Crippen LogP contribution in [0.2, 0.25) is 0 Å². The van der Waals surface area contributed by atoms with E-state index in [1.165, 1.54) is 0 Å². The summed E-state index contributed by atoms with van der Waals surface area (Å²) in [5.74, 6) is -0.207. The predicted molar refractivity (Wildman–Crippen MR) is 95.4 cm³/mol. The van der Waals surface area contributed by atoms with Gasteiger partial charge in [0.05, 0.1) is 17.3 Å². The molecule has 1 aliphatic heterocycles. The Morgan fingerprint density at radius 2 is 2.00 bits per heavy atom. The molecule has 126 valence electrons. The number of rotatable bonds is 3. The van der Waals surface area contributed by atoms with Gasteiger partial charge in [-0.15, -0.1) is 0 Å². The number of hydrogen-bond donors (Lipinski definition) is 1. The van der Waals surface area contributed by atoms with Crippen LogP contribution in [0, 0.1) is 0 Å². The Bertz CT molecular complexity index is 935. The first-order valence-corrected chi connectivity index (χ1v) is 8.22. The van der Waals surface area contributed by atoms with E-state index < -0.39 is 6.04 Å². The van der Waals surface area contributed by atoms with E-state index >= 15 is 0 Å². The third-order valence-corrected chi connectivity index (χ3v) is 4.75. The summed E-state index contributed by atoms with van der Waals surface area (Å²) in [6, 6.07) is 14.6. The lowest BCUT2D eigenvalue weighted by Crippen LogP contribution is -2.43. The van der Waals surface area contributed by atoms with Crippen molar-refractivity contribution in [1.29, 1.82) is 0 Å². The Morgan fingerprint density at radius 1 is 1.20 bits per heavy atom. The van der Waals surface area contributed by atoms with Crippen molar-refractivity contribution in [3.8, 4) is 0 Å². The third-order valence-electron chi connectivity index (χ3n) is 4.75. The summed E-state index contributed by atoms with van der Waals surface area (Å²) in [6.45, 7) is 0.612. The molecule has 0 bridgehead atoms. The highest BCUT2D eigenvalue weighted by molar-refractivity contribution is 6.09. The molecule has 2 amide bonds. The smallest absolute Gasteiger partial charge is 0.255 e. The molecule has 0 radical (unpaired) electrons. The molecular formula is C19H18N4O2. The largest absolute Gasteiger partial charge is 0.330 e. The molecule has 4 rings (SSSR count). The van der Waals surface area contributed by atoms with Crippen molar-refractivity contribution in [2.24, 2.45) is 0 Å². The van der Waals surface area contributed by atoms with E-state index in [4.69, 9.17) is 0 Å². The molecule has 1 unspecified atom stereocenters. The van der Waals surface area contributed by atoms with Gasteiger partial charge in [0.25, 0.3) is 5.91 Å². The zero-order valence-corrected chi connectivity index (χ0v) is 13.8. The van der Waals surface area contributed by atoms with Gasteiger partial charge in [0.15, 0.2) is 0 Å². The molecule has 1 N–H and O–H groups in total. The van der Waals surface area contributed by atoms with E-state index in [2.05, 4.69) is 10.2 Å². The average molecular weight is 334 g/mol. The van der Waals surface area contributed by atoms with E-state index in [0.717, 1.165) is 16.6 Å². The van der Waals surface area contributed by atoms with Gasteiger partial charge >= 0.3 is 0 Å². The van der Waals surface area contributed by atoms with Gasteiger partial charge in [0.1, 0.15) is 6.04 Å². The van der Waals surface area contributed by atoms with Crippen molar-refractivity contribution in [1.82, 2.24) is 15.1 Å². The molecule has 1 fully saturated rings. The average Bonchev–Trinajstić information content (AvgIpc) is 3.27. The molecule has 2 heterocycles. The maximum Gasteiger partial charge on any atom is 0.255 e. The number of aromatic nitrogens is 2. The van der Waals surface area contributed by atoms with Crippen molar-refractivity contribution >= 4 is 28.4 Å². The van der Waals surface area contributed by atoms with Gasteiger partial charge < -0.3 is 9.80 Å². The van der Waals surface area contributed by atoms with Gasteiger partial charge in [-0.25, -0.2) is 0 Å². The minimum atomic E-state index is -0.449. The second-order valence-electron chi connectivity index (χ2n) is 6.18. The van der Waals surface area contributed by atoms with Crippen molar-refractivity contribution in [2.75, 3.05) is 18.5 Å². The van der Waals surface area contributed by atoms with Crippen LogP contribution in [-0.4, -0.2) is 46.5 Å². The molecule has 2 aromatic carbocycles. The van der Waals surface area contributed by atoms with Crippen LogP contribution in [0.15, 0.2) is 54.7 Å². The van der Waals surface area contributed by atoms with E-state index in [1.54, 1.807) is 29.1 Å². The summed E-state index contributed by atoms with van der Waals surface area (Å²) < 4.78 is 0. The third kappa shape index (κ3) is 2.55. The molecule has 3 aromatic rings. The van der Waals surface area contributed by atoms with Crippen LogP contribution in [0.25, 0.3) is 10.9 Å². The highest BCUT2D eigenvalue weighted by Crippen LogP contribution is 2.25. The number of amides is 2. The first kappa shape index (κ1) is 15.4. The number of likely N-dealkylation sites (N-methyl/N-ethyl adjacent to an activating group) is 1. The molecule has 6 nitrogen and oxygen atoms in total. The molecule has 0 saturated carbocycles. The Morgan fingerprint density at radius 3 is 2.80 bits per heavy atom. The number of hydrogen-bond acceptors (Lipinski definition) is 3. The van der Waals surface area contributed by atoms with Crippen LogP contribution >= 0.6 is 0 Å². The predicted octanol–water partition coefficient (Wildman–Crippen LogP) is 2.44. The van der Waals surface area contributed by atoms with Crippen LogP contribution < -0.4 is 4.90 Å². The van der Waals surface area contributed by atoms with Gasteiger partial charge in [-0.05, 0) is 30.7 Å². The number of nitrogens with zero attached hydrogens (tertiary/aromatic N) is 3. The first-order valence-electron chi connectivity index (χ1n) is 8.22. The van der Waals surface area contributed by atoms with Crippen molar-refractivity contribution in [3.63, 3.8) is 0 Å². The minimum Gasteiger partial charge on any atom is -0.330 e. The highest BCUT2D eigenvalue weighted by Gasteiger charge is 2.37. The standard InChI is InChI=1S/C19H18N4O2/c1-22(18(24)14-8-5-9-16-15(14)12-20-21-16)17-10-11-23(19(17)25)13-6-3-2-4-7-13/h2-9,12,17H,10-11H2,1H3,(H,20,21). The Labute approximate surface area is 145 Å². The topological polar surface area (TPSA) is 69.3 Å². The van der Waals surface area contributed by atoms with Crippen LogP contribution in [-0.2, 0) is 4.79 Å². The van der Waals surface area contributed by atoms with Crippen molar-refractivity contribution in [3.05, 3.63) is 60.3 Å². The number of carbonyl (C=O) groups is 2. The first-order chi connectivity index (χ1) is 12.2. The lowest BCUT2D eigenvalue weighted by molar-refractivity contribution is -0.120. The molecule has 0 aliphatic carbocycles. The maximum absolute atomic E-state index is 12.9. The number of nitrogens with one attached hydrogen (secondary N) is 1. The van der Waals surface area contributed by atoms with Gasteiger partial charge in [-0.2, -0.15) is 5.10 Å². The van der Waals surface area contributed by atoms with Gasteiger partial charge in [-0.3, -0.25) is 14.7 Å². The number of fused-ring (bicyclic) bond motifs is 1. The molecule has 0 spiro atoms. The number of carbonyl (C=O) groups excluding carboxylic acids is 2. The number of aromatic amines is 1. The fourth-order valence-electron chi connectivity index (χ4n) is 3.37. The molecule has 1 atom stereocenters. The SMILES string of the molecule is CN(C(=O)c1cccc2[nH]ncc12)C1CCN(c2ccccc2)C1=O. The fraction of sp³-hybridized carbons (Fsp3) is 0.211. The summed E-state index contributed by atoms with van der Waals surface area (Å²) in [7, 11) is 1.69. The lowest BCUT2D eigenvalue weighted by Gasteiger charge is -2.24. The lowest BCUT2D eigenvalue weighted by atomic mass is 10.1. The summed E-state index contributed by atoms with van der Waals surface area (Å²) >= 11 is 0. The van der Waals surface area contributed by atoms with E-state index in [9.17, 15) is 9.59 Å². The van der Waals surface area contributed by atoms with E-state index in [-0.39, 0.29) is 11.8 Å². The Balaban J connectivity index is 1.59. The van der Waals surface area contributed by atoms with Gasteiger partial charge in [0.2, 0.25) is 5.91 Å². The number of H-pyrrole nitrogens is 1. The molecule has 25 heavy (non-hydrogen) atoms. The minimum absolute atomic E-state index is 0.0404. The normalized spacial score (nSPS) is 17.2. The van der Waals surface area contributed by atoms with Gasteiger partial charge in [0, 0.05) is 24.7 Å². The summed E-state index contributed by atoms with van der Waals surface area (Å²) in [4.78, 5) is 29.0. The summed E-state index contributed by atoms with van der Waals surface area (Å²) in [5, 5.41) is 7.63. The molecule has 1 aromatic heterocycles. The summed E-state index contributed by atoms with van der Waals surface area (Å²) in [6.07, 6.45) is 2.26. The van der Waals surface area contributed by atoms with Crippen LogP contribution in [0.4, 0.5) is 5.69 Å². The number of anilines is 1. The highest BCUT2D eigenvalue weighted by atomic mass is 16.2. The monoisotopic (exact) mass is 334 g/mol. The quantitative estimate of drug-likeness (QED) is 0.800. The molecule has 1 aliphatic rings. The van der Waals surface area contributed by atoms with Crippen LogP contribution in [0.1, 0.15) is 16.8 Å². The zero-order valence-electron chi connectivity index (χ0n) is 13.8. The van der Waals surface area contributed by atoms with Crippen molar-refractivity contribution in [2.45, 2.75) is 12.5 Å². The molecule has 6 heteroatoms. The molecule has 1 saturated heterocycles. The summed E-state index contributed by atoms with van der Waals surface area (Å²) in [5.41, 5.74) is 2.23. The zero-order chi connectivity index (χ0) is 17.4. The van der Waals surface area contributed by atoms with Gasteiger partial charge in [-0.1, -0.05) is 24.3 Å². The van der Waals surface area contributed by atoms with Crippen LogP contribution in [0.5, 0.6) is 0 Å². The van der Waals surface area contributed by atoms with E-state index in [0.29, 0.717) is 18.5 Å². The van der Waals surface area contributed by atoms with E-state index in [1.807, 2.05) is 42.5 Å². The Hall–Kier alpha value is -3.15. The second-order valence-corrected chi connectivity index (χ2v) is 6.18. The second kappa shape index (κ2) is 6.05. The van der Waals surface area contributed by atoms with Crippen molar-refractivity contribution < 1.29 is 9.59 Å². The van der Waals surface area contributed by atoms with Crippen LogP contribution in [0.3, 0.4) is 0 Å².